The SMILES string of the molecule is CCOC(=O)CSc1nc2cc(Cl)ccc2o1. The normalized spacial score (nSPS) is 10.7. The van der Waals surface area contributed by atoms with E-state index >= 15 is 0 Å². The van der Waals surface area contributed by atoms with Gasteiger partial charge in [0, 0.05) is 5.02 Å². The number of benzene rings is 1. The summed E-state index contributed by atoms with van der Waals surface area (Å²) >= 11 is 7.04. The van der Waals surface area contributed by atoms with E-state index in [9.17, 15) is 4.79 Å². The number of oxazole rings is 1. The van der Waals surface area contributed by atoms with E-state index in [2.05, 4.69) is 4.98 Å². The van der Waals surface area contributed by atoms with Crippen LogP contribution in [-0.4, -0.2) is 23.3 Å². The predicted molar refractivity (Wildman–Crippen MR) is 66.4 cm³/mol. The molecule has 90 valence electrons. The number of carbonyl (C=O) groups is 1. The molecular formula is C11H10ClNO3S. The quantitative estimate of drug-likeness (QED) is 0.632. The number of hydrogen-bond donors (Lipinski definition) is 0. The molecule has 0 aliphatic heterocycles. The lowest BCUT2D eigenvalue weighted by Gasteiger charge is -1.97. The summed E-state index contributed by atoms with van der Waals surface area (Å²) in [4.78, 5) is 15.4. The molecular weight excluding hydrogens is 262 g/mol. The third kappa shape index (κ3) is 3.14. The van der Waals surface area contributed by atoms with Gasteiger partial charge >= 0.3 is 5.97 Å². The van der Waals surface area contributed by atoms with Crippen LogP contribution in [0, 0.1) is 0 Å². The molecule has 0 aliphatic carbocycles. The Morgan fingerprint density at radius 3 is 3.18 bits per heavy atom. The Bertz CT molecular complexity index is 540. The Morgan fingerprint density at radius 2 is 2.41 bits per heavy atom. The molecule has 1 heterocycles. The molecule has 1 aromatic heterocycles. The summed E-state index contributed by atoms with van der Waals surface area (Å²) in [5, 5.41) is 1.04. The highest BCUT2D eigenvalue weighted by Crippen LogP contribution is 2.25. The van der Waals surface area contributed by atoms with Gasteiger partial charge < -0.3 is 9.15 Å². The average molecular weight is 272 g/mol. The zero-order valence-electron chi connectivity index (χ0n) is 9.10. The fourth-order valence-corrected chi connectivity index (χ4v) is 2.07. The van der Waals surface area contributed by atoms with E-state index in [-0.39, 0.29) is 11.7 Å². The summed E-state index contributed by atoms with van der Waals surface area (Å²) < 4.78 is 10.2. The van der Waals surface area contributed by atoms with Gasteiger partial charge in [0.25, 0.3) is 5.22 Å². The van der Waals surface area contributed by atoms with Crippen LogP contribution in [0.5, 0.6) is 0 Å². The fraction of sp³-hybridized carbons (Fsp3) is 0.273. The van der Waals surface area contributed by atoms with E-state index in [0.717, 1.165) is 0 Å². The van der Waals surface area contributed by atoms with Crippen molar-refractivity contribution in [2.75, 3.05) is 12.4 Å². The maximum absolute atomic E-state index is 11.2. The second-order valence-corrected chi connectivity index (χ2v) is 4.55. The monoisotopic (exact) mass is 271 g/mol. The molecule has 0 spiro atoms. The number of aromatic nitrogens is 1. The summed E-state index contributed by atoms with van der Waals surface area (Å²) in [5.74, 6) is -0.0909. The highest BCUT2D eigenvalue weighted by Gasteiger charge is 2.09. The highest BCUT2D eigenvalue weighted by atomic mass is 35.5. The molecule has 1 aromatic carbocycles. The minimum absolute atomic E-state index is 0.189. The highest BCUT2D eigenvalue weighted by molar-refractivity contribution is 7.99. The van der Waals surface area contributed by atoms with Gasteiger partial charge in [0.2, 0.25) is 0 Å². The number of hydrogen-bond acceptors (Lipinski definition) is 5. The molecule has 0 saturated heterocycles. The van der Waals surface area contributed by atoms with E-state index in [4.69, 9.17) is 20.8 Å². The van der Waals surface area contributed by atoms with E-state index in [1.54, 1.807) is 25.1 Å². The van der Waals surface area contributed by atoms with Gasteiger partial charge in [-0.2, -0.15) is 0 Å². The van der Waals surface area contributed by atoms with Gasteiger partial charge in [-0.1, -0.05) is 23.4 Å². The van der Waals surface area contributed by atoms with Crippen LogP contribution in [-0.2, 0) is 9.53 Å². The Morgan fingerprint density at radius 1 is 1.59 bits per heavy atom. The number of fused-ring (bicyclic) bond motifs is 1. The molecule has 17 heavy (non-hydrogen) atoms. The molecule has 2 rings (SSSR count). The van der Waals surface area contributed by atoms with Gasteiger partial charge in [0.1, 0.15) is 11.3 Å². The van der Waals surface area contributed by atoms with Crippen molar-refractivity contribution in [3.05, 3.63) is 23.2 Å². The van der Waals surface area contributed by atoms with Crippen LogP contribution in [0.25, 0.3) is 11.1 Å². The standard InChI is InChI=1S/C11H10ClNO3S/c1-2-15-10(14)6-17-11-13-8-5-7(12)3-4-9(8)16-11/h3-5H,2,6H2,1H3. The minimum Gasteiger partial charge on any atom is -0.465 e. The van der Waals surface area contributed by atoms with Crippen molar-refractivity contribution in [3.8, 4) is 0 Å². The first kappa shape index (κ1) is 12.3. The number of carbonyl (C=O) groups excluding carboxylic acids is 1. The molecule has 0 N–H and O–H groups in total. The number of esters is 1. The lowest BCUT2D eigenvalue weighted by molar-refractivity contribution is -0.139. The van der Waals surface area contributed by atoms with Gasteiger partial charge in [0.05, 0.1) is 6.61 Å². The van der Waals surface area contributed by atoms with Crippen molar-refractivity contribution in [2.24, 2.45) is 0 Å². The zero-order chi connectivity index (χ0) is 12.3. The number of rotatable bonds is 4. The van der Waals surface area contributed by atoms with Gasteiger partial charge in [-0.3, -0.25) is 4.79 Å². The van der Waals surface area contributed by atoms with Crippen molar-refractivity contribution in [1.29, 1.82) is 0 Å². The van der Waals surface area contributed by atoms with Gasteiger partial charge in [-0.15, -0.1) is 0 Å². The largest absolute Gasteiger partial charge is 0.465 e. The first-order chi connectivity index (χ1) is 8.19. The second-order valence-electron chi connectivity index (χ2n) is 3.19. The number of nitrogens with zero attached hydrogens (tertiary/aromatic N) is 1. The van der Waals surface area contributed by atoms with Gasteiger partial charge in [0.15, 0.2) is 5.58 Å². The van der Waals surface area contributed by atoms with Crippen LogP contribution >= 0.6 is 23.4 Å². The number of thioether (sulfide) groups is 1. The summed E-state index contributed by atoms with van der Waals surface area (Å²) in [7, 11) is 0. The van der Waals surface area contributed by atoms with Crippen molar-refractivity contribution in [1.82, 2.24) is 4.98 Å². The molecule has 4 nitrogen and oxygen atoms in total. The Kier molecular flexibility index (Phi) is 3.91. The number of halogens is 1. The van der Waals surface area contributed by atoms with Crippen LogP contribution in [0.3, 0.4) is 0 Å². The average Bonchev–Trinajstić information content (AvgIpc) is 2.68. The van der Waals surface area contributed by atoms with Crippen LogP contribution in [0.1, 0.15) is 6.92 Å². The fourth-order valence-electron chi connectivity index (χ4n) is 1.26. The van der Waals surface area contributed by atoms with Gasteiger partial charge in [-0.05, 0) is 25.1 Å². The second kappa shape index (κ2) is 5.42. The molecule has 0 amide bonds. The van der Waals surface area contributed by atoms with Crippen molar-refractivity contribution in [2.45, 2.75) is 12.1 Å². The maximum Gasteiger partial charge on any atom is 0.316 e. The summed E-state index contributed by atoms with van der Waals surface area (Å²) in [6.07, 6.45) is 0. The van der Waals surface area contributed by atoms with Crippen LogP contribution in [0.4, 0.5) is 0 Å². The van der Waals surface area contributed by atoms with E-state index in [1.807, 2.05) is 0 Å². The smallest absolute Gasteiger partial charge is 0.316 e. The molecule has 6 heteroatoms. The molecule has 0 bridgehead atoms. The zero-order valence-corrected chi connectivity index (χ0v) is 10.7. The van der Waals surface area contributed by atoms with E-state index < -0.39 is 0 Å². The van der Waals surface area contributed by atoms with Gasteiger partial charge in [-0.25, -0.2) is 4.98 Å². The summed E-state index contributed by atoms with van der Waals surface area (Å²) in [5.41, 5.74) is 1.34. The third-order valence-corrected chi connectivity index (χ3v) is 2.99. The predicted octanol–water partition coefficient (Wildman–Crippen LogP) is 3.14. The van der Waals surface area contributed by atoms with Crippen LogP contribution < -0.4 is 0 Å². The number of ether oxygens (including phenoxy) is 1. The minimum atomic E-state index is -0.280. The Labute approximate surface area is 107 Å². The lowest BCUT2D eigenvalue weighted by atomic mass is 10.3. The van der Waals surface area contributed by atoms with Crippen molar-refractivity contribution in [3.63, 3.8) is 0 Å². The first-order valence-corrected chi connectivity index (χ1v) is 6.40. The topological polar surface area (TPSA) is 52.3 Å². The molecule has 0 fully saturated rings. The Balaban J connectivity index is 2.07. The first-order valence-electron chi connectivity index (χ1n) is 5.03. The molecule has 0 atom stereocenters. The molecule has 0 saturated carbocycles. The summed E-state index contributed by atoms with van der Waals surface area (Å²) in [6.45, 7) is 2.15. The Hall–Kier alpha value is -1.20. The van der Waals surface area contributed by atoms with Crippen molar-refractivity contribution < 1.29 is 13.9 Å². The molecule has 0 aliphatic rings. The summed E-state index contributed by atoms with van der Waals surface area (Å²) in [6, 6.07) is 5.20. The maximum atomic E-state index is 11.2. The van der Waals surface area contributed by atoms with Crippen LogP contribution in [0.2, 0.25) is 5.02 Å². The molecule has 0 radical (unpaired) electrons. The van der Waals surface area contributed by atoms with Crippen LogP contribution in [0.15, 0.2) is 27.8 Å². The van der Waals surface area contributed by atoms with Crippen molar-refractivity contribution >= 4 is 40.4 Å². The van der Waals surface area contributed by atoms with E-state index in [0.29, 0.717) is 28.0 Å². The third-order valence-electron chi connectivity index (χ3n) is 1.95. The molecule has 0 unspecified atom stereocenters. The van der Waals surface area contributed by atoms with E-state index in [1.165, 1.54) is 11.8 Å². The molecule has 2 aromatic rings. The lowest BCUT2D eigenvalue weighted by Crippen LogP contribution is -2.06.